The Kier molecular flexibility index (Phi) is 7.02. The Morgan fingerprint density at radius 2 is 1.77 bits per heavy atom. The fraction of sp³-hybridized carbons (Fsp3) is 0.300. The fourth-order valence-electron chi connectivity index (χ4n) is 2.35. The highest BCUT2D eigenvalue weighted by atomic mass is 16.5. The smallest absolute Gasteiger partial charge is 0.340 e. The summed E-state index contributed by atoms with van der Waals surface area (Å²) in [6.45, 7) is 3.84. The van der Waals surface area contributed by atoms with Crippen molar-refractivity contribution in [3.8, 4) is 11.5 Å². The molecular formula is C20H23NO5. The number of amides is 1. The minimum Gasteiger partial charge on any atom is -0.497 e. The van der Waals surface area contributed by atoms with Crippen LogP contribution in [0.4, 0.5) is 5.69 Å². The molecule has 2 aromatic carbocycles. The molecule has 2 rings (SSSR count). The Morgan fingerprint density at radius 3 is 2.46 bits per heavy atom. The molecular weight excluding hydrogens is 334 g/mol. The summed E-state index contributed by atoms with van der Waals surface area (Å²) in [5.41, 5.74) is 0.697. The summed E-state index contributed by atoms with van der Waals surface area (Å²) in [6.07, 6.45) is -0.248. The van der Waals surface area contributed by atoms with Crippen molar-refractivity contribution in [1.82, 2.24) is 0 Å². The Morgan fingerprint density at radius 1 is 1.04 bits per heavy atom. The van der Waals surface area contributed by atoms with E-state index in [4.69, 9.17) is 14.2 Å². The number of hydrogen-bond donors (Lipinski definition) is 1. The van der Waals surface area contributed by atoms with Gasteiger partial charge in [-0.05, 0) is 37.6 Å². The summed E-state index contributed by atoms with van der Waals surface area (Å²) >= 11 is 0. The summed E-state index contributed by atoms with van der Waals surface area (Å²) < 4.78 is 16.0. The average Bonchev–Trinajstić information content (AvgIpc) is 2.66. The number of ether oxygens (including phenoxy) is 3. The van der Waals surface area contributed by atoms with E-state index in [0.717, 1.165) is 0 Å². The zero-order chi connectivity index (χ0) is 18.9. The maximum Gasteiger partial charge on any atom is 0.340 e. The van der Waals surface area contributed by atoms with Crippen LogP contribution in [0.1, 0.15) is 30.6 Å². The molecule has 1 atom stereocenters. The van der Waals surface area contributed by atoms with Gasteiger partial charge in [-0.15, -0.1) is 0 Å². The minimum absolute atomic E-state index is 0.262. The van der Waals surface area contributed by atoms with E-state index in [-0.39, 0.29) is 12.5 Å². The van der Waals surface area contributed by atoms with Crippen LogP contribution in [0.2, 0.25) is 0 Å². The lowest BCUT2D eigenvalue weighted by atomic mass is 10.1. The van der Waals surface area contributed by atoms with Gasteiger partial charge in [0.15, 0.2) is 6.10 Å². The molecule has 138 valence electrons. The Labute approximate surface area is 153 Å². The molecule has 0 spiro atoms. The number of carbonyl (C=O) groups is 2. The van der Waals surface area contributed by atoms with Gasteiger partial charge in [-0.2, -0.15) is 0 Å². The van der Waals surface area contributed by atoms with Crippen LogP contribution in [-0.4, -0.2) is 31.7 Å². The summed E-state index contributed by atoms with van der Waals surface area (Å²) in [5, 5.41) is 2.75. The molecule has 0 heterocycles. The van der Waals surface area contributed by atoms with Crippen LogP contribution in [-0.2, 0) is 9.53 Å². The number of hydrogen-bond acceptors (Lipinski definition) is 5. The van der Waals surface area contributed by atoms with Crippen LogP contribution < -0.4 is 14.8 Å². The van der Waals surface area contributed by atoms with Gasteiger partial charge in [0.2, 0.25) is 0 Å². The number of benzene rings is 2. The molecule has 0 unspecified atom stereocenters. The number of esters is 1. The van der Waals surface area contributed by atoms with Crippen molar-refractivity contribution in [2.24, 2.45) is 0 Å². The highest BCUT2D eigenvalue weighted by Gasteiger charge is 2.21. The number of anilines is 1. The van der Waals surface area contributed by atoms with Crippen LogP contribution in [0.15, 0.2) is 48.5 Å². The predicted octanol–water partition coefficient (Wildman–Crippen LogP) is 3.67. The summed E-state index contributed by atoms with van der Waals surface area (Å²) in [6, 6.07) is 13.8. The van der Waals surface area contributed by atoms with Gasteiger partial charge in [0.1, 0.15) is 11.5 Å². The Bertz CT molecular complexity index is 759. The van der Waals surface area contributed by atoms with Crippen LogP contribution in [0.3, 0.4) is 0 Å². The number of nitrogens with one attached hydrogen (secondary N) is 1. The third-order valence-corrected chi connectivity index (χ3v) is 3.66. The van der Waals surface area contributed by atoms with Gasteiger partial charge in [-0.3, -0.25) is 4.79 Å². The van der Waals surface area contributed by atoms with Crippen molar-refractivity contribution < 1.29 is 23.8 Å². The van der Waals surface area contributed by atoms with Gasteiger partial charge < -0.3 is 19.5 Å². The molecule has 0 bridgehead atoms. The number of carbonyl (C=O) groups excluding carboxylic acids is 2. The third kappa shape index (κ3) is 4.99. The van der Waals surface area contributed by atoms with E-state index < -0.39 is 12.1 Å². The standard InChI is InChI=1S/C20H23NO5/c1-4-18(26-15-10-8-9-14(13-15)24-3)19(22)21-17-12-7-6-11-16(17)20(23)25-5-2/h6-13,18H,4-5H2,1-3H3,(H,21,22)/t18-/m1/s1. The largest absolute Gasteiger partial charge is 0.497 e. The van der Waals surface area contributed by atoms with E-state index in [1.54, 1.807) is 62.6 Å². The molecule has 0 aliphatic carbocycles. The van der Waals surface area contributed by atoms with Crippen molar-refractivity contribution in [2.75, 3.05) is 19.0 Å². The van der Waals surface area contributed by atoms with Crippen molar-refractivity contribution in [3.05, 3.63) is 54.1 Å². The highest BCUT2D eigenvalue weighted by molar-refractivity contribution is 6.02. The zero-order valence-electron chi connectivity index (χ0n) is 15.2. The molecule has 0 saturated carbocycles. The van der Waals surface area contributed by atoms with Gasteiger partial charge in [-0.1, -0.05) is 25.1 Å². The SMILES string of the molecule is CCOC(=O)c1ccccc1NC(=O)[C@@H](CC)Oc1cccc(OC)c1. The molecule has 26 heavy (non-hydrogen) atoms. The van der Waals surface area contributed by atoms with E-state index in [2.05, 4.69) is 5.32 Å². The van der Waals surface area contributed by atoms with Crippen LogP contribution in [0, 0.1) is 0 Å². The van der Waals surface area contributed by atoms with E-state index in [1.807, 2.05) is 6.92 Å². The van der Waals surface area contributed by atoms with E-state index in [1.165, 1.54) is 0 Å². The van der Waals surface area contributed by atoms with Crippen LogP contribution in [0.5, 0.6) is 11.5 Å². The number of rotatable bonds is 8. The van der Waals surface area contributed by atoms with Crippen molar-refractivity contribution >= 4 is 17.6 Å². The summed E-state index contributed by atoms with van der Waals surface area (Å²) in [4.78, 5) is 24.6. The quantitative estimate of drug-likeness (QED) is 0.730. The molecule has 0 aliphatic rings. The molecule has 0 aromatic heterocycles. The van der Waals surface area contributed by atoms with Crippen LogP contribution in [0.25, 0.3) is 0 Å². The second kappa shape index (κ2) is 9.46. The van der Waals surface area contributed by atoms with Crippen molar-refractivity contribution in [1.29, 1.82) is 0 Å². The first-order valence-electron chi connectivity index (χ1n) is 8.46. The number of para-hydroxylation sites is 1. The fourth-order valence-corrected chi connectivity index (χ4v) is 2.35. The van der Waals surface area contributed by atoms with E-state index in [9.17, 15) is 9.59 Å². The second-order valence-corrected chi connectivity index (χ2v) is 5.45. The molecule has 6 nitrogen and oxygen atoms in total. The first-order chi connectivity index (χ1) is 12.6. The lowest BCUT2D eigenvalue weighted by Crippen LogP contribution is -2.33. The van der Waals surface area contributed by atoms with Gasteiger partial charge in [0.05, 0.1) is 25.0 Å². The van der Waals surface area contributed by atoms with E-state index >= 15 is 0 Å². The lowest BCUT2D eigenvalue weighted by molar-refractivity contribution is -0.122. The Hall–Kier alpha value is -3.02. The zero-order valence-corrected chi connectivity index (χ0v) is 15.2. The Balaban J connectivity index is 2.13. The maximum atomic E-state index is 12.6. The van der Waals surface area contributed by atoms with Gasteiger partial charge in [0.25, 0.3) is 5.91 Å². The van der Waals surface area contributed by atoms with Crippen molar-refractivity contribution in [3.63, 3.8) is 0 Å². The summed E-state index contributed by atoms with van der Waals surface area (Å²) in [7, 11) is 1.56. The normalized spacial score (nSPS) is 11.3. The van der Waals surface area contributed by atoms with Gasteiger partial charge in [0, 0.05) is 6.07 Å². The minimum atomic E-state index is -0.711. The lowest BCUT2D eigenvalue weighted by Gasteiger charge is -2.18. The van der Waals surface area contributed by atoms with Crippen molar-refractivity contribution in [2.45, 2.75) is 26.4 Å². The topological polar surface area (TPSA) is 73.9 Å². The first kappa shape index (κ1) is 19.3. The molecule has 2 aromatic rings. The molecule has 1 amide bonds. The maximum absolute atomic E-state index is 12.6. The molecule has 0 aliphatic heterocycles. The first-order valence-corrected chi connectivity index (χ1v) is 8.46. The number of methoxy groups -OCH3 is 1. The van der Waals surface area contributed by atoms with Gasteiger partial charge >= 0.3 is 5.97 Å². The average molecular weight is 357 g/mol. The molecule has 0 saturated heterocycles. The van der Waals surface area contributed by atoms with Crippen LogP contribution >= 0.6 is 0 Å². The molecule has 6 heteroatoms. The molecule has 1 N–H and O–H groups in total. The van der Waals surface area contributed by atoms with Gasteiger partial charge in [-0.25, -0.2) is 4.79 Å². The highest BCUT2D eigenvalue weighted by Crippen LogP contribution is 2.22. The predicted molar refractivity (Wildman–Crippen MR) is 98.7 cm³/mol. The van der Waals surface area contributed by atoms with E-state index in [0.29, 0.717) is 29.2 Å². The third-order valence-electron chi connectivity index (χ3n) is 3.66. The molecule has 0 fully saturated rings. The monoisotopic (exact) mass is 357 g/mol. The molecule has 0 radical (unpaired) electrons. The summed E-state index contributed by atoms with van der Waals surface area (Å²) in [5.74, 6) is 0.354. The second-order valence-electron chi connectivity index (χ2n) is 5.45.